The zero-order valence-electron chi connectivity index (χ0n) is 17.9. The van der Waals surface area contributed by atoms with Crippen molar-refractivity contribution in [3.05, 3.63) is 59.2 Å². The quantitative estimate of drug-likeness (QED) is 0.292. The van der Waals surface area contributed by atoms with Gasteiger partial charge in [-0.05, 0) is 55.3 Å². The first kappa shape index (κ1) is 24.3. The Morgan fingerprint density at radius 3 is 2.33 bits per heavy atom. The molecule has 0 aliphatic carbocycles. The van der Waals surface area contributed by atoms with Gasteiger partial charge < -0.3 is 20.5 Å². The fraction of sp³-hybridized carbons (Fsp3) is 0.435. The largest absolute Gasteiger partial charge is 0.508 e. The van der Waals surface area contributed by atoms with Crippen LogP contribution in [0.1, 0.15) is 36.0 Å². The van der Waals surface area contributed by atoms with Gasteiger partial charge in [0, 0.05) is 32.2 Å². The molecule has 0 saturated carbocycles. The molecule has 0 aromatic heterocycles. The number of ether oxygens (including phenoxy) is 1. The van der Waals surface area contributed by atoms with Gasteiger partial charge >= 0.3 is 0 Å². The number of phenols is 1. The average Bonchev–Trinajstić information content (AvgIpc) is 2.76. The molecule has 3 rings (SSSR count). The second-order valence-electron chi connectivity index (χ2n) is 7.43. The van der Waals surface area contributed by atoms with Crippen molar-refractivity contribution >= 4 is 29.9 Å². The van der Waals surface area contributed by atoms with Gasteiger partial charge in [0.25, 0.3) is 0 Å². The van der Waals surface area contributed by atoms with Crippen LogP contribution >= 0.6 is 24.0 Å². The van der Waals surface area contributed by atoms with Crippen LogP contribution in [0.15, 0.2) is 47.5 Å². The maximum atomic E-state index is 10.0. The third-order valence-electron chi connectivity index (χ3n) is 5.29. The number of phenolic OH excluding ortho intramolecular Hbond substituents is 1. The van der Waals surface area contributed by atoms with Gasteiger partial charge in [-0.15, -0.1) is 24.0 Å². The van der Waals surface area contributed by atoms with Gasteiger partial charge in [0.1, 0.15) is 11.5 Å². The van der Waals surface area contributed by atoms with Crippen molar-refractivity contribution in [2.45, 2.75) is 38.9 Å². The highest BCUT2D eigenvalue weighted by atomic mass is 127. The number of guanidine groups is 1. The van der Waals surface area contributed by atoms with Crippen molar-refractivity contribution in [1.29, 1.82) is 0 Å². The monoisotopic (exact) mass is 524 g/mol. The summed E-state index contributed by atoms with van der Waals surface area (Å²) in [5.41, 5.74) is 3.33. The topological polar surface area (TPSA) is 69.1 Å². The summed E-state index contributed by atoms with van der Waals surface area (Å²) < 4.78 is 5.22. The summed E-state index contributed by atoms with van der Waals surface area (Å²) in [5.74, 6) is 1.63. The van der Waals surface area contributed by atoms with Crippen molar-refractivity contribution < 1.29 is 9.84 Å². The van der Waals surface area contributed by atoms with E-state index in [1.807, 2.05) is 6.07 Å². The van der Waals surface area contributed by atoms with Crippen molar-refractivity contribution in [2.75, 3.05) is 27.2 Å². The number of nitrogens with zero attached hydrogens (tertiary/aromatic N) is 2. The van der Waals surface area contributed by atoms with E-state index in [1.54, 1.807) is 26.3 Å². The molecule has 0 radical (unpaired) electrons. The summed E-state index contributed by atoms with van der Waals surface area (Å²) in [5, 5.41) is 16.6. The predicted octanol–water partition coefficient (Wildman–Crippen LogP) is 3.87. The Morgan fingerprint density at radius 1 is 1.00 bits per heavy atom. The Morgan fingerprint density at radius 2 is 1.67 bits per heavy atom. The maximum Gasteiger partial charge on any atom is 0.191 e. The molecule has 7 heteroatoms. The van der Waals surface area contributed by atoms with Crippen LogP contribution in [0.3, 0.4) is 0 Å². The first-order valence-electron chi connectivity index (χ1n) is 10.3. The summed E-state index contributed by atoms with van der Waals surface area (Å²) in [7, 11) is 3.35. The number of benzene rings is 2. The smallest absolute Gasteiger partial charge is 0.191 e. The predicted molar refractivity (Wildman–Crippen MR) is 133 cm³/mol. The molecule has 1 aliphatic rings. The number of hydrogen-bond acceptors (Lipinski definition) is 4. The number of aromatic hydroxyl groups is 1. The Kier molecular flexibility index (Phi) is 10.2. The van der Waals surface area contributed by atoms with E-state index >= 15 is 0 Å². The number of rotatable bonds is 7. The Hall–Kier alpha value is -2.00. The highest BCUT2D eigenvalue weighted by Crippen LogP contribution is 2.22. The van der Waals surface area contributed by atoms with E-state index in [0.29, 0.717) is 24.8 Å². The second kappa shape index (κ2) is 12.6. The molecule has 3 N–H and O–H groups in total. The molecule has 30 heavy (non-hydrogen) atoms. The van der Waals surface area contributed by atoms with Crippen molar-refractivity contribution in [3.8, 4) is 11.5 Å². The van der Waals surface area contributed by atoms with Crippen LogP contribution in [-0.2, 0) is 19.6 Å². The molecule has 6 nitrogen and oxygen atoms in total. The normalized spacial score (nSPS) is 14.7. The van der Waals surface area contributed by atoms with Crippen LogP contribution < -0.4 is 15.4 Å². The molecule has 164 valence electrons. The van der Waals surface area contributed by atoms with Gasteiger partial charge in [0.2, 0.25) is 0 Å². The summed E-state index contributed by atoms with van der Waals surface area (Å²) in [6.07, 6.45) is 4.01. The number of piperidine rings is 1. The fourth-order valence-corrected chi connectivity index (χ4v) is 3.55. The Labute approximate surface area is 196 Å². The van der Waals surface area contributed by atoms with Crippen LogP contribution in [0.4, 0.5) is 0 Å². The third-order valence-corrected chi connectivity index (χ3v) is 5.29. The van der Waals surface area contributed by atoms with E-state index in [-0.39, 0.29) is 29.7 Å². The molecule has 0 amide bonds. The van der Waals surface area contributed by atoms with E-state index in [1.165, 1.54) is 43.5 Å². The number of nitrogens with one attached hydrogen (secondary N) is 2. The van der Waals surface area contributed by atoms with Crippen LogP contribution in [-0.4, -0.2) is 43.2 Å². The molecular formula is C23H33IN4O2. The van der Waals surface area contributed by atoms with Crippen LogP contribution in [0.25, 0.3) is 0 Å². The zero-order chi connectivity index (χ0) is 20.5. The highest BCUT2D eigenvalue weighted by molar-refractivity contribution is 14.0. The molecule has 1 saturated heterocycles. The first-order valence-corrected chi connectivity index (χ1v) is 10.3. The van der Waals surface area contributed by atoms with Crippen molar-refractivity contribution in [2.24, 2.45) is 4.99 Å². The second-order valence-corrected chi connectivity index (χ2v) is 7.43. The average molecular weight is 524 g/mol. The van der Waals surface area contributed by atoms with E-state index in [4.69, 9.17) is 4.74 Å². The summed E-state index contributed by atoms with van der Waals surface area (Å²) in [6, 6.07) is 14.0. The lowest BCUT2D eigenvalue weighted by Crippen LogP contribution is -2.36. The molecule has 2 aromatic rings. The van der Waals surface area contributed by atoms with Gasteiger partial charge in [-0.3, -0.25) is 9.89 Å². The van der Waals surface area contributed by atoms with E-state index in [0.717, 1.165) is 12.1 Å². The fourth-order valence-electron chi connectivity index (χ4n) is 3.55. The van der Waals surface area contributed by atoms with E-state index in [9.17, 15) is 5.11 Å². The molecule has 2 aromatic carbocycles. The first-order chi connectivity index (χ1) is 14.2. The minimum Gasteiger partial charge on any atom is -0.508 e. The lowest BCUT2D eigenvalue weighted by Gasteiger charge is -2.26. The molecule has 1 aliphatic heterocycles. The summed E-state index contributed by atoms with van der Waals surface area (Å²) in [4.78, 5) is 6.80. The summed E-state index contributed by atoms with van der Waals surface area (Å²) >= 11 is 0. The zero-order valence-corrected chi connectivity index (χ0v) is 20.2. The minimum absolute atomic E-state index is 0. The van der Waals surface area contributed by atoms with Gasteiger partial charge in [-0.2, -0.15) is 0 Å². The molecular weight excluding hydrogens is 491 g/mol. The third kappa shape index (κ3) is 7.36. The minimum atomic E-state index is 0. The highest BCUT2D eigenvalue weighted by Gasteiger charge is 2.10. The number of halogens is 1. The van der Waals surface area contributed by atoms with Crippen LogP contribution in [0.2, 0.25) is 0 Å². The molecule has 1 fully saturated rings. The van der Waals surface area contributed by atoms with Gasteiger partial charge in [-0.1, -0.05) is 30.7 Å². The lowest BCUT2D eigenvalue weighted by molar-refractivity contribution is 0.221. The van der Waals surface area contributed by atoms with Crippen LogP contribution in [0.5, 0.6) is 11.5 Å². The number of likely N-dealkylation sites (tertiary alicyclic amines) is 1. The molecule has 0 bridgehead atoms. The van der Waals surface area contributed by atoms with Gasteiger partial charge in [0.15, 0.2) is 5.96 Å². The van der Waals surface area contributed by atoms with Crippen LogP contribution in [0, 0.1) is 0 Å². The number of aliphatic imine (C=N–C) groups is 1. The van der Waals surface area contributed by atoms with Gasteiger partial charge in [0.05, 0.1) is 7.11 Å². The lowest BCUT2D eigenvalue weighted by atomic mass is 10.1. The number of methoxy groups -OCH3 is 1. The molecule has 0 spiro atoms. The SMILES string of the molecule is CN=C(NCc1ccc(CN2CCCCC2)cc1)NCc1cc(OC)ccc1O.I. The van der Waals surface area contributed by atoms with Gasteiger partial charge in [-0.25, -0.2) is 0 Å². The van der Waals surface area contributed by atoms with E-state index < -0.39 is 0 Å². The van der Waals surface area contributed by atoms with Crippen molar-refractivity contribution in [1.82, 2.24) is 15.5 Å². The molecule has 1 heterocycles. The Balaban J connectivity index is 0.00000320. The summed E-state index contributed by atoms with van der Waals surface area (Å²) in [6.45, 7) is 4.62. The molecule has 0 atom stereocenters. The maximum absolute atomic E-state index is 10.0. The number of hydrogen-bond donors (Lipinski definition) is 3. The Bertz CT molecular complexity index is 805. The van der Waals surface area contributed by atoms with Crippen molar-refractivity contribution in [3.63, 3.8) is 0 Å². The molecule has 0 unspecified atom stereocenters. The van der Waals surface area contributed by atoms with E-state index in [2.05, 4.69) is 44.8 Å². The standard InChI is InChI=1S/C23H32N4O2.HI/c1-24-23(26-16-20-14-21(29-2)10-11-22(20)28)25-15-18-6-8-19(9-7-18)17-27-12-4-3-5-13-27;/h6-11,14,28H,3-5,12-13,15-17H2,1-2H3,(H2,24,25,26);1H.